The lowest BCUT2D eigenvalue weighted by atomic mass is 9.71. The third-order valence-corrected chi connectivity index (χ3v) is 7.60. The number of fused-ring (bicyclic) bond motifs is 1. The lowest BCUT2D eigenvalue weighted by Crippen LogP contribution is -2.56. The SMILES string of the molecule is CC(C)CC(c1ccc2c(cnn2-c2ccc(F)cc2)c1)C(C)(C)CNC(=O)NC(C)(C)CN1CCOCC1. The van der Waals surface area contributed by atoms with E-state index in [0.717, 1.165) is 55.9 Å². The van der Waals surface area contributed by atoms with Crippen molar-refractivity contribution in [3.05, 3.63) is 60.0 Å². The molecule has 4 rings (SSSR count). The minimum atomic E-state index is -0.349. The molecule has 1 fully saturated rings. The molecule has 2 amide bonds. The molecule has 0 bridgehead atoms. The molecule has 1 aromatic heterocycles. The summed E-state index contributed by atoms with van der Waals surface area (Å²) in [5, 5.41) is 12.0. The monoisotopic (exact) mass is 537 g/mol. The normalized spacial score (nSPS) is 16.0. The zero-order valence-corrected chi connectivity index (χ0v) is 24.3. The van der Waals surface area contributed by atoms with Gasteiger partial charge in [-0.2, -0.15) is 5.10 Å². The number of carbonyl (C=O) groups is 1. The molecule has 3 aromatic rings. The highest BCUT2D eigenvalue weighted by Gasteiger charge is 2.33. The maximum absolute atomic E-state index is 13.4. The maximum Gasteiger partial charge on any atom is 0.315 e. The van der Waals surface area contributed by atoms with E-state index in [-0.39, 0.29) is 28.7 Å². The van der Waals surface area contributed by atoms with Gasteiger partial charge in [0.25, 0.3) is 0 Å². The second-order valence-corrected chi connectivity index (χ2v) is 12.6. The van der Waals surface area contributed by atoms with Crippen molar-refractivity contribution in [1.29, 1.82) is 0 Å². The van der Waals surface area contributed by atoms with E-state index in [1.807, 2.05) is 10.9 Å². The number of benzene rings is 2. The fourth-order valence-corrected chi connectivity index (χ4v) is 5.57. The van der Waals surface area contributed by atoms with Gasteiger partial charge in [-0.1, -0.05) is 33.8 Å². The zero-order chi connectivity index (χ0) is 28.2. The summed E-state index contributed by atoms with van der Waals surface area (Å²) in [7, 11) is 0. The number of halogens is 1. The molecule has 1 atom stereocenters. The summed E-state index contributed by atoms with van der Waals surface area (Å²) in [5.74, 6) is 0.463. The molecule has 39 heavy (non-hydrogen) atoms. The Kier molecular flexibility index (Phi) is 8.96. The molecule has 1 saturated heterocycles. The molecule has 2 aromatic carbocycles. The maximum atomic E-state index is 13.4. The molecule has 0 saturated carbocycles. The van der Waals surface area contributed by atoms with Crippen molar-refractivity contribution in [2.24, 2.45) is 11.3 Å². The van der Waals surface area contributed by atoms with Crippen molar-refractivity contribution in [2.45, 2.75) is 59.4 Å². The molecule has 1 unspecified atom stereocenters. The van der Waals surface area contributed by atoms with Crippen LogP contribution in [0.15, 0.2) is 48.7 Å². The molecular formula is C31H44FN5O2. The number of ether oxygens (including phenoxy) is 1. The standard InChI is InChI=1S/C31H44FN5O2/c1-22(2)17-27(23-7-12-28-24(18-23)19-34-37(28)26-10-8-25(32)9-11-26)30(3,4)20-33-29(38)35-31(5,6)21-36-13-15-39-16-14-36/h7-12,18-19,22,27H,13-17,20-21H2,1-6H3,(H2,33,35,38). The first-order valence-electron chi connectivity index (χ1n) is 14.0. The van der Waals surface area contributed by atoms with Crippen LogP contribution in [0.2, 0.25) is 0 Å². The van der Waals surface area contributed by atoms with E-state index in [1.165, 1.54) is 17.7 Å². The second-order valence-electron chi connectivity index (χ2n) is 12.6. The minimum absolute atomic E-state index is 0.138. The van der Waals surface area contributed by atoms with Gasteiger partial charge in [0.05, 0.1) is 30.6 Å². The van der Waals surface area contributed by atoms with Crippen molar-refractivity contribution in [3.8, 4) is 5.69 Å². The third-order valence-electron chi connectivity index (χ3n) is 7.60. The first-order chi connectivity index (χ1) is 18.4. The molecule has 0 spiro atoms. The number of hydrogen-bond donors (Lipinski definition) is 2. The molecule has 2 N–H and O–H groups in total. The molecule has 212 valence electrons. The average Bonchev–Trinajstić information content (AvgIpc) is 3.30. The summed E-state index contributed by atoms with van der Waals surface area (Å²) in [6.45, 7) is 17.7. The van der Waals surface area contributed by atoms with E-state index < -0.39 is 0 Å². The van der Waals surface area contributed by atoms with Gasteiger partial charge in [-0.15, -0.1) is 0 Å². The third kappa shape index (κ3) is 7.57. The summed E-state index contributed by atoms with van der Waals surface area (Å²) in [6, 6.07) is 12.7. The van der Waals surface area contributed by atoms with E-state index in [0.29, 0.717) is 12.5 Å². The number of amides is 2. The largest absolute Gasteiger partial charge is 0.379 e. The number of hydrogen-bond acceptors (Lipinski definition) is 4. The Morgan fingerprint density at radius 1 is 1.08 bits per heavy atom. The first kappa shape index (κ1) is 29.0. The van der Waals surface area contributed by atoms with Crippen LogP contribution in [-0.4, -0.2) is 65.6 Å². The number of nitrogens with zero attached hydrogens (tertiary/aromatic N) is 3. The van der Waals surface area contributed by atoms with Gasteiger partial charge in [0, 0.05) is 37.1 Å². The van der Waals surface area contributed by atoms with Crippen LogP contribution < -0.4 is 10.6 Å². The highest BCUT2D eigenvalue weighted by atomic mass is 19.1. The van der Waals surface area contributed by atoms with Crippen LogP contribution in [-0.2, 0) is 4.74 Å². The van der Waals surface area contributed by atoms with E-state index in [4.69, 9.17) is 4.74 Å². The summed E-state index contributed by atoms with van der Waals surface area (Å²) < 4.78 is 20.7. The van der Waals surface area contributed by atoms with Crippen molar-refractivity contribution in [1.82, 2.24) is 25.3 Å². The van der Waals surface area contributed by atoms with E-state index in [1.54, 1.807) is 12.1 Å². The number of aromatic nitrogens is 2. The topological polar surface area (TPSA) is 71.4 Å². The van der Waals surface area contributed by atoms with Gasteiger partial charge in [-0.25, -0.2) is 13.9 Å². The Bertz CT molecular complexity index is 1250. The van der Waals surface area contributed by atoms with Crippen molar-refractivity contribution in [3.63, 3.8) is 0 Å². The van der Waals surface area contributed by atoms with Crippen LogP contribution in [0.25, 0.3) is 16.6 Å². The molecule has 0 radical (unpaired) electrons. The van der Waals surface area contributed by atoms with Gasteiger partial charge >= 0.3 is 6.03 Å². The highest BCUT2D eigenvalue weighted by Crippen LogP contribution is 2.41. The fraction of sp³-hybridized carbons (Fsp3) is 0.548. The van der Waals surface area contributed by atoms with Gasteiger partial charge in [-0.05, 0) is 79.5 Å². The summed E-state index contributed by atoms with van der Waals surface area (Å²) >= 11 is 0. The smallest absolute Gasteiger partial charge is 0.315 e. The Hall–Kier alpha value is -2.97. The Balaban J connectivity index is 1.46. The van der Waals surface area contributed by atoms with E-state index in [2.05, 4.69) is 80.4 Å². The Morgan fingerprint density at radius 2 is 1.77 bits per heavy atom. The van der Waals surface area contributed by atoms with Gasteiger partial charge in [0.1, 0.15) is 5.82 Å². The van der Waals surface area contributed by atoms with Crippen LogP contribution in [0.4, 0.5) is 9.18 Å². The van der Waals surface area contributed by atoms with Gasteiger partial charge in [-0.3, -0.25) is 4.90 Å². The van der Waals surface area contributed by atoms with Gasteiger partial charge < -0.3 is 15.4 Å². The van der Waals surface area contributed by atoms with E-state index >= 15 is 0 Å². The molecule has 2 heterocycles. The van der Waals surface area contributed by atoms with Crippen LogP contribution in [0.5, 0.6) is 0 Å². The van der Waals surface area contributed by atoms with Gasteiger partial charge in [0.2, 0.25) is 0 Å². The lowest BCUT2D eigenvalue weighted by molar-refractivity contribution is 0.0280. The molecule has 0 aliphatic carbocycles. The van der Waals surface area contributed by atoms with Crippen LogP contribution in [0.1, 0.15) is 59.4 Å². The highest BCUT2D eigenvalue weighted by molar-refractivity contribution is 5.81. The van der Waals surface area contributed by atoms with Crippen LogP contribution in [0.3, 0.4) is 0 Å². The zero-order valence-electron chi connectivity index (χ0n) is 24.3. The Labute approximate surface area is 232 Å². The second kappa shape index (κ2) is 12.0. The molecular weight excluding hydrogens is 493 g/mol. The van der Waals surface area contributed by atoms with Crippen LogP contribution >= 0.6 is 0 Å². The fourth-order valence-electron chi connectivity index (χ4n) is 5.57. The molecule has 8 heteroatoms. The quantitative estimate of drug-likeness (QED) is 0.347. The number of urea groups is 1. The number of morpholine rings is 1. The molecule has 7 nitrogen and oxygen atoms in total. The summed E-state index contributed by atoms with van der Waals surface area (Å²) in [6.07, 6.45) is 2.86. The molecule has 1 aliphatic rings. The van der Waals surface area contributed by atoms with Crippen molar-refractivity contribution in [2.75, 3.05) is 39.4 Å². The summed E-state index contributed by atoms with van der Waals surface area (Å²) in [4.78, 5) is 15.3. The van der Waals surface area contributed by atoms with Crippen molar-refractivity contribution >= 4 is 16.9 Å². The van der Waals surface area contributed by atoms with E-state index in [9.17, 15) is 9.18 Å². The predicted molar refractivity (Wildman–Crippen MR) is 155 cm³/mol. The van der Waals surface area contributed by atoms with Crippen molar-refractivity contribution < 1.29 is 13.9 Å². The first-order valence-corrected chi connectivity index (χ1v) is 14.0. The number of nitrogens with one attached hydrogen (secondary N) is 2. The van der Waals surface area contributed by atoms with Gasteiger partial charge in [0.15, 0.2) is 0 Å². The number of carbonyl (C=O) groups excluding carboxylic acids is 1. The average molecular weight is 538 g/mol. The van der Waals surface area contributed by atoms with Crippen LogP contribution in [0, 0.1) is 17.2 Å². The predicted octanol–water partition coefficient (Wildman–Crippen LogP) is 5.73. The number of rotatable bonds is 10. The minimum Gasteiger partial charge on any atom is -0.379 e. The Morgan fingerprint density at radius 3 is 2.44 bits per heavy atom. The molecule has 1 aliphatic heterocycles. The summed E-state index contributed by atoms with van der Waals surface area (Å²) in [5.41, 5.74) is 2.50. The lowest BCUT2D eigenvalue weighted by Gasteiger charge is -2.38.